The van der Waals surface area contributed by atoms with Crippen LogP contribution in [-0.2, 0) is 16.0 Å². The Balaban J connectivity index is 0.00000264. The second-order valence-electron chi connectivity index (χ2n) is 5.62. The van der Waals surface area contributed by atoms with Crippen LogP contribution in [0.25, 0.3) is 0 Å². The predicted molar refractivity (Wildman–Crippen MR) is 91.2 cm³/mol. The molecule has 3 N–H and O–H groups in total. The van der Waals surface area contributed by atoms with E-state index in [0.29, 0.717) is 25.9 Å². The molecule has 1 aliphatic rings. The van der Waals surface area contributed by atoms with E-state index in [2.05, 4.69) is 10.3 Å². The van der Waals surface area contributed by atoms with Crippen LogP contribution in [0.3, 0.4) is 0 Å². The van der Waals surface area contributed by atoms with E-state index in [4.69, 9.17) is 5.73 Å². The quantitative estimate of drug-likeness (QED) is 0.805. The second-order valence-corrected chi connectivity index (χ2v) is 5.62. The van der Waals surface area contributed by atoms with Crippen molar-refractivity contribution in [3.05, 3.63) is 30.1 Å². The molecule has 6 nitrogen and oxygen atoms in total. The number of hydrogen-bond acceptors (Lipinski definition) is 4. The topological polar surface area (TPSA) is 88.3 Å². The molecule has 2 rings (SSSR count). The maximum Gasteiger partial charge on any atom is 0.227 e. The van der Waals surface area contributed by atoms with Crippen molar-refractivity contribution in [1.82, 2.24) is 15.2 Å². The summed E-state index contributed by atoms with van der Waals surface area (Å²) in [4.78, 5) is 30.0. The van der Waals surface area contributed by atoms with Gasteiger partial charge in [-0.1, -0.05) is 6.07 Å². The molecule has 0 aliphatic carbocycles. The minimum atomic E-state index is -0.0484. The molecule has 2 heterocycles. The van der Waals surface area contributed by atoms with E-state index in [1.165, 1.54) is 0 Å². The minimum Gasteiger partial charge on any atom is -0.354 e. The second kappa shape index (κ2) is 10.2. The molecule has 0 spiro atoms. The molecule has 7 heteroatoms. The Morgan fingerprint density at radius 2 is 2.22 bits per heavy atom. The van der Waals surface area contributed by atoms with Gasteiger partial charge in [-0.2, -0.15) is 0 Å². The predicted octanol–water partition coefficient (Wildman–Crippen LogP) is 0.892. The van der Waals surface area contributed by atoms with E-state index >= 15 is 0 Å². The molecule has 1 atom stereocenters. The van der Waals surface area contributed by atoms with E-state index in [9.17, 15) is 9.59 Å². The van der Waals surface area contributed by atoms with Crippen molar-refractivity contribution in [2.45, 2.75) is 38.1 Å². The van der Waals surface area contributed by atoms with Crippen molar-refractivity contribution in [2.24, 2.45) is 5.73 Å². The average molecular weight is 341 g/mol. The fourth-order valence-electron chi connectivity index (χ4n) is 2.77. The summed E-state index contributed by atoms with van der Waals surface area (Å²) in [6.07, 6.45) is 7.16. The lowest BCUT2D eigenvalue weighted by molar-refractivity contribution is -0.134. The molecule has 1 fully saturated rings. The van der Waals surface area contributed by atoms with Gasteiger partial charge >= 0.3 is 0 Å². The number of piperidine rings is 1. The number of aromatic nitrogens is 1. The first-order valence-electron chi connectivity index (χ1n) is 7.86. The summed E-state index contributed by atoms with van der Waals surface area (Å²) in [6, 6.07) is 3.83. The fraction of sp³-hybridized carbons (Fsp3) is 0.562. The first kappa shape index (κ1) is 19.4. The van der Waals surface area contributed by atoms with Crippen molar-refractivity contribution in [2.75, 3.05) is 19.6 Å². The normalized spacial score (nSPS) is 17.3. The lowest BCUT2D eigenvalue weighted by atomic mass is 10.0. The number of nitrogens with one attached hydrogen (secondary N) is 1. The van der Waals surface area contributed by atoms with Gasteiger partial charge in [-0.3, -0.25) is 14.6 Å². The van der Waals surface area contributed by atoms with Crippen LogP contribution in [-0.4, -0.2) is 47.4 Å². The number of carbonyl (C=O) groups is 2. The largest absolute Gasteiger partial charge is 0.354 e. The average Bonchev–Trinajstić information content (AvgIpc) is 2.54. The summed E-state index contributed by atoms with van der Waals surface area (Å²) >= 11 is 0. The number of halogens is 1. The number of likely N-dealkylation sites (tertiary alicyclic amines) is 1. The summed E-state index contributed by atoms with van der Waals surface area (Å²) in [7, 11) is 0. The molecule has 1 aliphatic heterocycles. The van der Waals surface area contributed by atoms with E-state index in [0.717, 1.165) is 31.4 Å². The molecule has 0 saturated carbocycles. The first-order valence-corrected chi connectivity index (χ1v) is 7.86. The van der Waals surface area contributed by atoms with Gasteiger partial charge in [-0.05, 0) is 30.9 Å². The molecule has 1 saturated heterocycles. The van der Waals surface area contributed by atoms with Crippen LogP contribution in [0.15, 0.2) is 24.5 Å². The Bertz CT molecular complexity index is 498. The summed E-state index contributed by atoms with van der Waals surface area (Å²) in [5.41, 5.74) is 6.29. The van der Waals surface area contributed by atoms with Gasteiger partial charge in [0.15, 0.2) is 0 Å². The van der Waals surface area contributed by atoms with Gasteiger partial charge in [0, 0.05) is 44.5 Å². The van der Waals surface area contributed by atoms with E-state index in [1.54, 1.807) is 12.4 Å². The Labute approximate surface area is 143 Å². The number of rotatable bonds is 6. The highest BCUT2D eigenvalue weighted by Gasteiger charge is 2.26. The van der Waals surface area contributed by atoms with Gasteiger partial charge in [0.1, 0.15) is 0 Å². The van der Waals surface area contributed by atoms with Crippen LogP contribution in [0.4, 0.5) is 0 Å². The molecule has 0 radical (unpaired) electrons. The standard InChI is InChI=1S/C16H24N4O2.ClH/c17-7-6-15(21)19-12-14-5-1-2-9-20(14)16(22)10-13-4-3-8-18-11-13;/h3-4,8,11,14H,1-2,5-7,9-10,12,17H2,(H,19,21);1H. The Kier molecular flexibility index (Phi) is 8.58. The smallest absolute Gasteiger partial charge is 0.227 e. The number of carbonyl (C=O) groups excluding carboxylic acids is 2. The van der Waals surface area contributed by atoms with Gasteiger partial charge < -0.3 is 16.0 Å². The van der Waals surface area contributed by atoms with Crippen molar-refractivity contribution < 1.29 is 9.59 Å². The Hall–Kier alpha value is -1.66. The third-order valence-electron chi connectivity index (χ3n) is 3.93. The molecule has 1 aromatic heterocycles. The van der Waals surface area contributed by atoms with Crippen molar-refractivity contribution in [3.63, 3.8) is 0 Å². The highest BCUT2D eigenvalue weighted by Crippen LogP contribution is 2.18. The highest BCUT2D eigenvalue weighted by atomic mass is 35.5. The van der Waals surface area contributed by atoms with E-state index < -0.39 is 0 Å². The van der Waals surface area contributed by atoms with Gasteiger partial charge in [-0.25, -0.2) is 0 Å². The Morgan fingerprint density at radius 3 is 2.91 bits per heavy atom. The summed E-state index contributed by atoms with van der Waals surface area (Å²) in [6.45, 7) is 1.62. The summed E-state index contributed by atoms with van der Waals surface area (Å²) in [5.74, 6) is 0.0542. The van der Waals surface area contributed by atoms with Gasteiger partial charge in [0.05, 0.1) is 6.42 Å². The zero-order chi connectivity index (χ0) is 15.8. The van der Waals surface area contributed by atoms with Crippen LogP contribution < -0.4 is 11.1 Å². The maximum absolute atomic E-state index is 12.5. The number of amides is 2. The zero-order valence-electron chi connectivity index (χ0n) is 13.2. The third-order valence-corrected chi connectivity index (χ3v) is 3.93. The van der Waals surface area contributed by atoms with Crippen LogP contribution in [0, 0.1) is 0 Å². The van der Waals surface area contributed by atoms with Gasteiger partial charge in [0.25, 0.3) is 0 Å². The van der Waals surface area contributed by atoms with Crippen molar-refractivity contribution in [3.8, 4) is 0 Å². The molecule has 2 amide bonds. The number of pyridine rings is 1. The number of nitrogens with two attached hydrogens (primary N) is 1. The SMILES string of the molecule is Cl.NCCC(=O)NCC1CCCCN1C(=O)Cc1cccnc1. The molecule has 23 heavy (non-hydrogen) atoms. The first-order chi connectivity index (χ1) is 10.7. The minimum absolute atomic E-state index is 0. The van der Waals surface area contributed by atoms with Crippen molar-refractivity contribution in [1.29, 1.82) is 0 Å². The number of hydrogen-bond donors (Lipinski definition) is 2. The number of nitrogens with zero attached hydrogens (tertiary/aromatic N) is 2. The lowest BCUT2D eigenvalue weighted by Gasteiger charge is -2.36. The highest BCUT2D eigenvalue weighted by molar-refractivity contribution is 5.85. The molecule has 1 aromatic rings. The van der Waals surface area contributed by atoms with Crippen molar-refractivity contribution >= 4 is 24.2 Å². The monoisotopic (exact) mass is 340 g/mol. The van der Waals surface area contributed by atoms with E-state index in [-0.39, 0.29) is 30.3 Å². The molecule has 1 unspecified atom stereocenters. The van der Waals surface area contributed by atoms with Crippen LogP contribution in [0.1, 0.15) is 31.2 Å². The molecular formula is C16H25ClN4O2. The summed E-state index contributed by atoms with van der Waals surface area (Å²) in [5, 5.41) is 2.88. The molecular weight excluding hydrogens is 316 g/mol. The summed E-state index contributed by atoms with van der Waals surface area (Å²) < 4.78 is 0. The van der Waals surface area contributed by atoms with E-state index in [1.807, 2.05) is 17.0 Å². The maximum atomic E-state index is 12.5. The van der Waals surface area contributed by atoms with Crippen LogP contribution >= 0.6 is 12.4 Å². The fourth-order valence-corrected chi connectivity index (χ4v) is 2.77. The molecule has 0 aromatic carbocycles. The third kappa shape index (κ3) is 6.15. The van der Waals surface area contributed by atoms with Crippen LogP contribution in [0.5, 0.6) is 0 Å². The van der Waals surface area contributed by atoms with Crippen LogP contribution in [0.2, 0.25) is 0 Å². The molecule has 128 valence electrons. The Morgan fingerprint density at radius 1 is 1.39 bits per heavy atom. The van der Waals surface area contributed by atoms with Gasteiger partial charge in [-0.15, -0.1) is 12.4 Å². The zero-order valence-corrected chi connectivity index (χ0v) is 14.1. The molecule has 0 bridgehead atoms. The van der Waals surface area contributed by atoms with Gasteiger partial charge in [0.2, 0.25) is 11.8 Å². The lowest BCUT2D eigenvalue weighted by Crippen LogP contribution is -2.50.